The van der Waals surface area contributed by atoms with Crippen LogP contribution < -0.4 is 16.2 Å². The van der Waals surface area contributed by atoms with Gasteiger partial charge in [0.15, 0.2) is 0 Å². The van der Waals surface area contributed by atoms with E-state index in [-0.39, 0.29) is 5.91 Å². The molecule has 0 aliphatic rings. The molecular weight excluding hydrogens is 414 g/mol. The summed E-state index contributed by atoms with van der Waals surface area (Å²) < 4.78 is 0. The first-order valence-corrected chi connectivity index (χ1v) is 9.82. The Morgan fingerprint density at radius 2 is 1.48 bits per heavy atom. The third-order valence-electron chi connectivity index (χ3n) is 4.41. The molecule has 3 rings (SSSR count). The molecule has 3 amide bonds. The van der Waals surface area contributed by atoms with Gasteiger partial charge in [-0.05, 0) is 60.5 Å². The highest BCUT2D eigenvalue weighted by Crippen LogP contribution is 2.16. The predicted octanol–water partition coefficient (Wildman–Crippen LogP) is 4.38. The van der Waals surface area contributed by atoms with Gasteiger partial charge in [0.2, 0.25) is 0 Å². The standard InChI is InChI=1S/C24H20ClN3O3/c1-16-6-2-4-8-20(16)24(31)26-19-13-10-18(11-14-19)23(30)28-27-22(29)15-12-17-7-3-5-9-21(17)25/h2-15H,1H3,(H,26,31)(H,27,29)(H,28,30). The van der Waals surface area contributed by atoms with Crippen LogP contribution in [0.3, 0.4) is 0 Å². The van der Waals surface area contributed by atoms with Crippen molar-refractivity contribution in [2.24, 2.45) is 0 Å². The molecule has 0 aromatic heterocycles. The molecule has 3 aromatic carbocycles. The van der Waals surface area contributed by atoms with Gasteiger partial charge in [-0.15, -0.1) is 0 Å². The van der Waals surface area contributed by atoms with Gasteiger partial charge in [0.25, 0.3) is 17.7 Å². The van der Waals surface area contributed by atoms with Crippen molar-refractivity contribution >= 4 is 41.1 Å². The number of aryl methyl sites for hydroxylation is 1. The summed E-state index contributed by atoms with van der Waals surface area (Å²) in [6.07, 6.45) is 2.82. The quantitative estimate of drug-likeness (QED) is 0.412. The molecule has 0 unspecified atom stereocenters. The highest BCUT2D eigenvalue weighted by atomic mass is 35.5. The smallest absolute Gasteiger partial charge is 0.269 e. The van der Waals surface area contributed by atoms with Crippen LogP contribution in [0.2, 0.25) is 5.02 Å². The fourth-order valence-corrected chi connectivity index (χ4v) is 2.94. The monoisotopic (exact) mass is 433 g/mol. The average Bonchev–Trinajstić information content (AvgIpc) is 2.77. The van der Waals surface area contributed by atoms with Crippen LogP contribution >= 0.6 is 11.6 Å². The first-order chi connectivity index (χ1) is 14.9. The van der Waals surface area contributed by atoms with Crippen molar-refractivity contribution in [2.45, 2.75) is 6.92 Å². The van der Waals surface area contributed by atoms with Crippen molar-refractivity contribution in [3.8, 4) is 0 Å². The van der Waals surface area contributed by atoms with Crippen LogP contribution in [0.4, 0.5) is 5.69 Å². The predicted molar refractivity (Wildman–Crippen MR) is 122 cm³/mol. The van der Waals surface area contributed by atoms with Gasteiger partial charge < -0.3 is 5.32 Å². The number of carbonyl (C=O) groups is 3. The summed E-state index contributed by atoms with van der Waals surface area (Å²) in [5.74, 6) is -1.22. The van der Waals surface area contributed by atoms with E-state index in [0.29, 0.717) is 27.4 Å². The second-order valence-corrected chi connectivity index (χ2v) is 7.05. The lowest BCUT2D eigenvalue weighted by molar-refractivity contribution is -0.117. The van der Waals surface area contributed by atoms with E-state index in [0.717, 1.165) is 5.56 Å². The number of hydrogen-bond donors (Lipinski definition) is 3. The minimum atomic E-state index is -0.504. The molecule has 0 heterocycles. The molecule has 3 N–H and O–H groups in total. The Morgan fingerprint density at radius 3 is 2.19 bits per heavy atom. The molecule has 6 nitrogen and oxygen atoms in total. The Kier molecular flexibility index (Phi) is 7.19. The lowest BCUT2D eigenvalue weighted by atomic mass is 10.1. The van der Waals surface area contributed by atoms with E-state index < -0.39 is 11.8 Å². The van der Waals surface area contributed by atoms with Crippen LogP contribution in [0.25, 0.3) is 6.08 Å². The lowest BCUT2D eigenvalue weighted by Crippen LogP contribution is -2.40. The Bertz CT molecular complexity index is 1140. The molecule has 0 bridgehead atoms. The Morgan fingerprint density at radius 1 is 0.806 bits per heavy atom. The SMILES string of the molecule is Cc1ccccc1C(=O)Nc1ccc(C(=O)NNC(=O)C=Cc2ccccc2Cl)cc1. The van der Waals surface area contributed by atoms with Gasteiger partial charge in [0.1, 0.15) is 0 Å². The molecule has 0 atom stereocenters. The van der Waals surface area contributed by atoms with Crippen molar-refractivity contribution < 1.29 is 14.4 Å². The fourth-order valence-electron chi connectivity index (χ4n) is 2.74. The number of anilines is 1. The molecule has 0 saturated heterocycles. The van der Waals surface area contributed by atoms with Crippen molar-refractivity contribution in [1.29, 1.82) is 0 Å². The topological polar surface area (TPSA) is 87.3 Å². The van der Waals surface area contributed by atoms with Gasteiger partial charge >= 0.3 is 0 Å². The van der Waals surface area contributed by atoms with Crippen molar-refractivity contribution in [3.63, 3.8) is 0 Å². The van der Waals surface area contributed by atoms with E-state index >= 15 is 0 Å². The highest BCUT2D eigenvalue weighted by Gasteiger charge is 2.10. The summed E-state index contributed by atoms with van der Waals surface area (Å²) in [6.45, 7) is 1.86. The van der Waals surface area contributed by atoms with Gasteiger partial charge in [-0.2, -0.15) is 0 Å². The van der Waals surface area contributed by atoms with E-state index in [9.17, 15) is 14.4 Å². The third kappa shape index (κ3) is 6.04. The zero-order valence-corrected chi connectivity index (χ0v) is 17.4. The van der Waals surface area contributed by atoms with Gasteiger partial charge in [-0.3, -0.25) is 25.2 Å². The van der Waals surface area contributed by atoms with Gasteiger partial charge in [0, 0.05) is 27.9 Å². The summed E-state index contributed by atoms with van der Waals surface area (Å²) >= 11 is 6.02. The van der Waals surface area contributed by atoms with E-state index in [1.54, 1.807) is 66.7 Å². The molecule has 0 aliphatic carbocycles. The van der Waals surface area contributed by atoms with Crippen molar-refractivity contribution in [2.75, 3.05) is 5.32 Å². The average molecular weight is 434 g/mol. The summed E-state index contributed by atoms with van der Waals surface area (Å²) in [7, 11) is 0. The van der Waals surface area contributed by atoms with Gasteiger partial charge in [-0.1, -0.05) is 48.0 Å². The minimum absolute atomic E-state index is 0.229. The normalized spacial score (nSPS) is 10.5. The number of benzene rings is 3. The molecule has 0 radical (unpaired) electrons. The highest BCUT2D eigenvalue weighted by molar-refractivity contribution is 6.32. The third-order valence-corrected chi connectivity index (χ3v) is 4.76. The van der Waals surface area contributed by atoms with Crippen molar-refractivity contribution in [3.05, 3.63) is 106 Å². The fraction of sp³-hybridized carbons (Fsp3) is 0.0417. The zero-order valence-electron chi connectivity index (χ0n) is 16.7. The summed E-state index contributed by atoms with van der Waals surface area (Å²) in [5, 5.41) is 3.31. The molecule has 0 spiro atoms. The van der Waals surface area contributed by atoms with E-state index in [2.05, 4.69) is 16.2 Å². The van der Waals surface area contributed by atoms with Crippen LogP contribution in [0, 0.1) is 6.92 Å². The largest absolute Gasteiger partial charge is 0.322 e. The van der Waals surface area contributed by atoms with Gasteiger partial charge in [-0.25, -0.2) is 0 Å². The maximum absolute atomic E-state index is 12.4. The van der Waals surface area contributed by atoms with Crippen LogP contribution in [-0.4, -0.2) is 17.7 Å². The summed E-state index contributed by atoms with van der Waals surface area (Å²) in [6, 6.07) is 20.7. The molecule has 7 heteroatoms. The number of hydrazine groups is 1. The summed E-state index contributed by atoms with van der Waals surface area (Å²) in [4.78, 5) is 36.5. The second-order valence-electron chi connectivity index (χ2n) is 6.64. The van der Waals surface area contributed by atoms with Crippen molar-refractivity contribution in [1.82, 2.24) is 10.9 Å². The Hall–Kier alpha value is -3.90. The van der Waals surface area contributed by atoms with Crippen LogP contribution in [0.15, 0.2) is 78.9 Å². The first kappa shape index (κ1) is 21.8. The maximum Gasteiger partial charge on any atom is 0.269 e. The van der Waals surface area contributed by atoms with Crippen LogP contribution in [0.1, 0.15) is 31.8 Å². The first-order valence-electron chi connectivity index (χ1n) is 9.44. The number of rotatable bonds is 5. The number of nitrogens with one attached hydrogen (secondary N) is 3. The second kappa shape index (κ2) is 10.2. The minimum Gasteiger partial charge on any atom is -0.322 e. The molecule has 156 valence electrons. The number of carbonyl (C=O) groups excluding carboxylic acids is 3. The number of amides is 3. The number of halogens is 1. The maximum atomic E-state index is 12.4. The zero-order chi connectivity index (χ0) is 22.2. The molecule has 0 aliphatic heterocycles. The Balaban J connectivity index is 1.53. The lowest BCUT2D eigenvalue weighted by Gasteiger charge is -2.09. The van der Waals surface area contributed by atoms with E-state index in [1.165, 1.54) is 6.08 Å². The molecule has 0 fully saturated rings. The summed E-state index contributed by atoms with van der Waals surface area (Å²) in [5.41, 5.74) is 7.66. The van der Waals surface area contributed by atoms with Gasteiger partial charge in [0.05, 0.1) is 0 Å². The molecule has 3 aromatic rings. The van der Waals surface area contributed by atoms with Crippen LogP contribution in [0.5, 0.6) is 0 Å². The van der Waals surface area contributed by atoms with E-state index in [4.69, 9.17) is 11.6 Å². The Labute approximate surface area is 184 Å². The van der Waals surface area contributed by atoms with Crippen LogP contribution in [-0.2, 0) is 4.79 Å². The molecule has 31 heavy (non-hydrogen) atoms. The molecule has 0 saturated carbocycles. The van der Waals surface area contributed by atoms with E-state index in [1.807, 2.05) is 19.1 Å². The molecular formula is C24H20ClN3O3. The number of hydrogen-bond acceptors (Lipinski definition) is 3.